The van der Waals surface area contributed by atoms with Gasteiger partial charge in [0.25, 0.3) is 0 Å². The van der Waals surface area contributed by atoms with Crippen molar-refractivity contribution in [1.29, 1.82) is 0 Å². The first-order valence-corrected chi connectivity index (χ1v) is 10.2. The molecule has 0 aromatic heterocycles. The van der Waals surface area contributed by atoms with Crippen LogP contribution in [-0.2, 0) is 12.8 Å². The van der Waals surface area contributed by atoms with Crippen LogP contribution >= 0.6 is 0 Å². The zero-order chi connectivity index (χ0) is 19.6. The molecule has 1 heterocycles. The Morgan fingerprint density at radius 2 is 1.54 bits per heavy atom. The number of piperazine rings is 1. The lowest BCUT2D eigenvalue weighted by atomic mass is 10.1. The number of unbranched alkanes of at least 4 members (excludes halogenated alkanes) is 1. The van der Waals surface area contributed by atoms with Crippen LogP contribution in [0.25, 0.3) is 0 Å². The molecule has 0 bridgehead atoms. The van der Waals surface area contributed by atoms with E-state index < -0.39 is 0 Å². The SMILES string of the molecule is O=C(NCCc1ccccc1)N1CCN(CCCCc2ccc(F)cc2)CC1. The van der Waals surface area contributed by atoms with E-state index in [1.54, 1.807) is 0 Å². The van der Waals surface area contributed by atoms with Gasteiger partial charge in [-0.3, -0.25) is 4.90 Å². The highest BCUT2D eigenvalue weighted by molar-refractivity contribution is 5.74. The second-order valence-electron chi connectivity index (χ2n) is 7.38. The summed E-state index contributed by atoms with van der Waals surface area (Å²) >= 11 is 0. The summed E-state index contributed by atoms with van der Waals surface area (Å²) in [4.78, 5) is 16.7. The van der Waals surface area contributed by atoms with E-state index in [0.717, 1.165) is 58.4 Å². The largest absolute Gasteiger partial charge is 0.338 e. The standard InChI is InChI=1S/C23H30FN3O/c24-22-11-9-21(10-12-22)8-4-5-15-26-16-18-27(19-17-26)23(28)25-14-13-20-6-2-1-3-7-20/h1-3,6-7,9-12H,4-5,8,13-19H2,(H,25,28). The normalized spacial score (nSPS) is 14.8. The van der Waals surface area contributed by atoms with Crippen molar-refractivity contribution in [2.75, 3.05) is 39.3 Å². The third-order valence-corrected chi connectivity index (χ3v) is 5.30. The Morgan fingerprint density at radius 1 is 0.857 bits per heavy atom. The lowest BCUT2D eigenvalue weighted by Gasteiger charge is -2.34. The fourth-order valence-corrected chi connectivity index (χ4v) is 3.56. The van der Waals surface area contributed by atoms with Gasteiger partial charge in [0.05, 0.1) is 0 Å². The number of carbonyl (C=O) groups excluding carboxylic acids is 1. The highest BCUT2D eigenvalue weighted by atomic mass is 19.1. The molecule has 2 aromatic rings. The molecule has 0 atom stereocenters. The predicted octanol–water partition coefficient (Wildman–Crippen LogP) is 3.72. The molecule has 0 saturated carbocycles. The minimum Gasteiger partial charge on any atom is -0.338 e. The number of nitrogens with zero attached hydrogens (tertiary/aromatic N) is 2. The van der Waals surface area contributed by atoms with E-state index in [2.05, 4.69) is 22.3 Å². The van der Waals surface area contributed by atoms with E-state index in [1.165, 1.54) is 23.3 Å². The second-order valence-corrected chi connectivity index (χ2v) is 7.38. The quantitative estimate of drug-likeness (QED) is 0.705. The molecule has 3 rings (SSSR count). The number of benzene rings is 2. The summed E-state index contributed by atoms with van der Waals surface area (Å²) in [7, 11) is 0. The fraction of sp³-hybridized carbons (Fsp3) is 0.435. The molecule has 5 heteroatoms. The number of amides is 2. The van der Waals surface area contributed by atoms with E-state index in [4.69, 9.17) is 0 Å². The van der Waals surface area contributed by atoms with E-state index >= 15 is 0 Å². The monoisotopic (exact) mass is 383 g/mol. The Bertz CT molecular complexity index is 712. The molecule has 2 amide bonds. The third kappa shape index (κ3) is 6.64. The van der Waals surface area contributed by atoms with Crippen molar-refractivity contribution in [3.8, 4) is 0 Å². The lowest BCUT2D eigenvalue weighted by Crippen LogP contribution is -2.52. The van der Waals surface area contributed by atoms with Crippen molar-refractivity contribution in [3.63, 3.8) is 0 Å². The van der Waals surface area contributed by atoms with Crippen molar-refractivity contribution < 1.29 is 9.18 Å². The van der Waals surface area contributed by atoms with Crippen LogP contribution in [0.4, 0.5) is 9.18 Å². The number of hydrogen-bond donors (Lipinski definition) is 1. The van der Waals surface area contributed by atoms with Crippen LogP contribution < -0.4 is 5.32 Å². The van der Waals surface area contributed by atoms with Crippen molar-refractivity contribution in [3.05, 3.63) is 71.5 Å². The summed E-state index contributed by atoms with van der Waals surface area (Å²) in [6.07, 6.45) is 4.08. The van der Waals surface area contributed by atoms with Crippen molar-refractivity contribution in [2.45, 2.75) is 25.7 Å². The Kier molecular flexibility index (Phi) is 7.85. The first-order valence-electron chi connectivity index (χ1n) is 10.2. The van der Waals surface area contributed by atoms with Gasteiger partial charge in [-0.15, -0.1) is 0 Å². The van der Waals surface area contributed by atoms with Crippen molar-refractivity contribution in [2.24, 2.45) is 0 Å². The average Bonchev–Trinajstić information content (AvgIpc) is 2.73. The van der Waals surface area contributed by atoms with Crippen LogP contribution in [0.5, 0.6) is 0 Å². The maximum Gasteiger partial charge on any atom is 0.317 e. The predicted molar refractivity (Wildman–Crippen MR) is 111 cm³/mol. The molecule has 28 heavy (non-hydrogen) atoms. The Morgan fingerprint density at radius 3 is 2.25 bits per heavy atom. The number of nitrogens with one attached hydrogen (secondary N) is 1. The molecular formula is C23H30FN3O. The minimum atomic E-state index is -0.175. The maximum absolute atomic E-state index is 12.9. The molecule has 0 spiro atoms. The first-order chi connectivity index (χ1) is 13.7. The number of aryl methyl sites for hydroxylation is 1. The van der Waals surface area contributed by atoms with E-state index in [0.29, 0.717) is 6.54 Å². The highest BCUT2D eigenvalue weighted by Crippen LogP contribution is 2.09. The third-order valence-electron chi connectivity index (χ3n) is 5.30. The van der Waals surface area contributed by atoms with Crippen LogP contribution in [0.3, 0.4) is 0 Å². The fourth-order valence-electron chi connectivity index (χ4n) is 3.56. The summed E-state index contributed by atoms with van der Waals surface area (Å²) < 4.78 is 12.9. The zero-order valence-corrected chi connectivity index (χ0v) is 16.4. The van der Waals surface area contributed by atoms with Gasteiger partial charge in [-0.1, -0.05) is 42.5 Å². The van der Waals surface area contributed by atoms with Gasteiger partial charge in [-0.25, -0.2) is 9.18 Å². The van der Waals surface area contributed by atoms with Gasteiger partial charge in [0.15, 0.2) is 0 Å². The van der Waals surface area contributed by atoms with Gasteiger partial charge >= 0.3 is 6.03 Å². The summed E-state index contributed by atoms with van der Waals surface area (Å²) in [5, 5.41) is 3.03. The Balaban J connectivity index is 1.26. The zero-order valence-electron chi connectivity index (χ0n) is 16.4. The number of rotatable bonds is 8. The second kappa shape index (κ2) is 10.8. The van der Waals surface area contributed by atoms with Gasteiger partial charge in [0.2, 0.25) is 0 Å². The molecule has 1 aliphatic heterocycles. The van der Waals surface area contributed by atoms with Crippen LogP contribution in [-0.4, -0.2) is 55.1 Å². The van der Waals surface area contributed by atoms with Gasteiger partial charge in [-0.2, -0.15) is 0 Å². The molecule has 2 aromatic carbocycles. The molecule has 1 aliphatic rings. The van der Waals surface area contributed by atoms with Crippen LogP contribution in [0.1, 0.15) is 24.0 Å². The molecule has 4 nitrogen and oxygen atoms in total. The number of urea groups is 1. The molecule has 1 N–H and O–H groups in total. The summed E-state index contributed by atoms with van der Waals surface area (Å²) in [5.74, 6) is -0.175. The molecular weight excluding hydrogens is 353 g/mol. The Labute approximate surface area is 167 Å². The number of hydrogen-bond acceptors (Lipinski definition) is 2. The van der Waals surface area contributed by atoms with E-state index in [-0.39, 0.29) is 11.8 Å². The molecule has 150 valence electrons. The van der Waals surface area contributed by atoms with Crippen LogP contribution in [0.15, 0.2) is 54.6 Å². The smallest absolute Gasteiger partial charge is 0.317 e. The Hall–Kier alpha value is -2.40. The molecule has 0 unspecified atom stereocenters. The summed E-state index contributed by atoms with van der Waals surface area (Å²) in [5.41, 5.74) is 2.44. The molecule has 1 fully saturated rings. The van der Waals surface area contributed by atoms with E-state index in [9.17, 15) is 9.18 Å². The summed E-state index contributed by atoms with van der Waals surface area (Å²) in [6, 6.07) is 17.1. The van der Waals surface area contributed by atoms with Gasteiger partial charge < -0.3 is 10.2 Å². The number of halogens is 1. The lowest BCUT2D eigenvalue weighted by molar-refractivity contribution is 0.138. The van der Waals surface area contributed by atoms with Crippen LogP contribution in [0, 0.1) is 5.82 Å². The minimum absolute atomic E-state index is 0.0480. The maximum atomic E-state index is 12.9. The topological polar surface area (TPSA) is 35.6 Å². The average molecular weight is 384 g/mol. The molecule has 0 aliphatic carbocycles. The van der Waals surface area contributed by atoms with Gasteiger partial charge in [0, 0.05) is 32.7 Å². The van der Waals surface area contributed by atoms with Gasteiger partial charge in [0.1, 0.15) is 5.82 Å². The first kappa shape index (κ1) is 20.3. The van der Waals surface area contributed by atoms with Crippen molar-refractivity contribution >= 4 is 6.03 Å². The highest BCUT2D eigenvalue weighted by Gasteiger charge is 2.20. The molecule has 1 saturated heterocycles. The molecule has 0 radical (unpaired) electrons. The van der Waals surface area contributed by atoms with Crippen LogP contribution in [0.2, 0.25) is 0 Å². The van der Waals surface area contributed by atoms with Crippen molar-refractivity contribution in [1.82, 2.24) is 15.1 Å². The number of carbonyl (C=O) groups is 1. The van der Waals surface area contributed by atoms with Gasteiger partial charge in [-0.05, 0) is 55.5 Å². The van der Waals surface area contributed by atoms with E-state index in [1.807, 2.05) is 35.2 Å². The summed E-state index contributed by atoms with van der Waals surface area (Å²) in [6.45, 7) is 5.17.